The van der Waals surface area contributed by atoms with Crippen molar-refractivity contribution in [1.82, 2.24) is 14.9 Å². The van der Waals surface area contributed by atoms with E-state index in [-0.39, 0.29) is 0 Å². The normalized spacial score (nSPS) is 21.5. The predicted molar refractivity (Wildman–Crippen MR) is 81.1 cm³/mol. The second kappa shape index (κ2) is 6.40. The van der Waals surface area contributed by atoms with E-state index in [4.69, 9.17) is 11.0 Å². The van der Waals surface area contributed by atoms with Gasteiger partial charge in [0.15, 0.2) is 0 Å². The van der Waals surface area contributed by atoms with Gasteiger partial charge in [-0.1, -0.05) is 25.7 Å². The van der Waals surface area contributed by atoms with E-state index in [0.717, 1.165) is 37.3 Å². The molecule has 1 aliphatic carbocycles. The zero-order chi connectivity index (χ0) is 14.7. The van der Waals surface area contributed by atoms with Crippen molar-refractivity contribution in [2.45, 2.75) is 45.1 Å². The molecule has 112 valence electrons. The molecule has 2 fully saturated rings. The van der Waals surface area contributed by atoms with Crippen molar-refractivity contribution >= 4 is 5.82 Å². The number of hydrogen-bond acceptors (Lipinski definition) is 5. The predicted octanol–water partition coefficient (Wildman–Crippen LogP) is 2.33. The molecule has 3 rings (SSSR count). The first kappa shape index (κ1) is 14.3. The molecule has 5 nitrogen and oxygen atoms in total. The summed E-state index contributed by atoms with van der Waals surface area (Å²) in [6.45, 7) is 3.00. The molecule has 1 saturated heterocycles. The maximum absolute atomic E-state index is 8.84. The summed E-state index contributed by atoms with van der Waals surface area (Å²) in [4.78, 5) is 10.9. The van der Waals surface area contributed by atoms with Gasteiger partial charge in [-0.3, -0.25) is 4.90 Å². The summed E-state index contributed by atoms with van der Waals surface area (Å²) in [5.74, 6) is 2.93. The summed E-state index contributed by atoms with van der Waals surface area (Å²) in [5.41, 5.74) is 6.11. The van der Waals surface area contributed by atoms with Crippen molar-refractivity contribution in [1.29, 1.82) is 5.26 Å². The molecular weight excluding hydrogens is 262 g/mol. The largest absolute Gasteiger partial charge is 0.382 e. The van der Waals surface area contributed by atoms with Gasteiger partial charge in [-0.05, 0) is 37.8 Å². The first-order chi connectivity index (χ1) is 10.3. The molecule has 2 N–H and O–H groups in total. The van der Waals surface area contributed by atoms with Gasteiger partial charge in [-0.25, -0.2) is 9.97 Å². The average molecular weight is 285 g/mol. The van der Waals surface area contributed by atoms with Crippen LogP contribution in [0.25, 0.3) is 0 Å². The molecule has 1 aliphatic heterocycles. The Morgan fingerprint density at radius 3 is 2.48 bits per heavy atom. The van der Waals surface area contributed by atoms with E-state index >= 15 is 0 Å². The van der Waals surface area contributed by atoms with Gasteiger partial charge in [-0.15, -0.1) is 0 Å². The number of likely N-dealkylation sites (tertiary alicyclic amines) is 1. The maximum atomic E-state index is 8.84. The van der Waals surface area contributed by atoms with Crippen molar-refractivity contribution < 1.29 is 0 Å². The van der Waals surface area contributed by atoms with E-state index in [9.17, 15) is 0 Å². The fourth-order valence-electron chi connectivity index (χ4n) is 3.81. The molecule has 0 unspecified atom stereocenters. The Balaban J connectivity index is 1.53. The van der Waals surface area contributed by atoms with E-state index < -0.39 is 0 Å². The minimum atomic E-state index is 0.295. The molecule has 1 saturated carbocycles. The van der Waals surface area contributed by atoms with Crippen LogP contribution in [0, 0.1) is 23.2 Å². The number of nitrogens with two attached hydrogens (primary N) is 1. The topological polar surface area (TPSA) is 78.8 Å². The number of anilines is 1. The van der Waals surface area contributed by atoms with Crippen LogP contribution in [-0.2, 0) is 6.54 Å². The summed E-state index contributed by atoms with van der Waals surface area (Å²) < 4.78 is 0. The van der Waals surface area contributed by atoms with Gasteiger partial charge in [0.05, 0.1) is 12.7 Å². The van der Waals surface area contributed by atoms with Crippen LogP contribution in [0.1, 0.15) is 49.9 Å². The second-order valence-electron chi connectivity index (χ2n) is 6.36. The fourth-order valence-corrected chi connectivity index (χ4v) is 3.81. The van der Waals surface area contributed by atoms with Gasteiger partial charge < -0.3 is 5.73 Å². The molecule has 0 radical (unpaired) electrons. The number of nitrogen functional groups attached to an aromatic ring is 1. The van der Waals surface area contributed by atoms with E-state index in [1.165, 1.54) is 44.7 Å². The van der Waals surface area contributed by atoms with Crippen LogP contribution in [0.4, 0.5) is 5.82 Å². The van der Waals surface area contributed by atoms with Crippen LogP contribution >= 0.6 is 0 Å². The van der Waals surface area contributed by atoms with Crippen molar-refractivity contribution in [2.75, 3.05) is 18.8 Å². The van der Waals surface area contributed by atoms with E-state index in [1.54, 1.807) is 0 Å². The molecular formula is C16H23N5. The van der Waals surface area contributed by atoms with E-state index in [2.05, 4.69) is 14.9 Å². The van der Waals surface area contributed by atoms with Gasteiger partial charge in [0.1, 0.15) is 23.3 Å². The molecule has 2 heterocycles. The van der Waals surface area contributed by atoms with Gasteiger partial charge in [0.25, 0.3) is 0 Å². The number of nitrogens with zero attached hydrogens (tertiary/aromatic N) is 4. The highest BCUT2D eigenvalue weighted by atomic mass is 15.2. The average Bonchev–Trinajstić information content (AvgIpc) is 3.02. The van der Waals surface area contributed by atoms with Crippen molar-refractivity contribution in [3.63, 3.8) is 0 Å². The van der Waals surface area contributed by atoms with Crippen molar-refractivity contribution in [2.24, 2.45) is 11.8 Å². The summed E-state index contributed by atoms with van der Waals surface area (Å²) >= 11 is 0. The third kappa shape index (κ3) is 3.33. The lowest BCUT2D eigenvalue weighted by Gasteiger charge is -2.34. The molecule has 2 aliphatic rings. The van der Waals surface area contributed by atoms with Crippen LogP contribution in [0.3, 0.4) is 0 Å². The maximum Gasteiger partial charge on any atom is 0.145 e. The van der Waals surface area contributed by atoms with Gasteiger partial charge in [0.2, 0.25) is 0 Å². The SMILES string of the molecule is N#Cc1cnc(CN2CCC(C3CCCC3)CC2)nc1N. The number of piperidine rings is 1. The Morgan fingerprint density at radius 2 is 1.86 bits per heavy atom. The first-order valence-electron chi connectivity index (χ1n) is 8.00. The standard InChI is InChI=1S/C16H23N5/c17-9-14-10-19-15(20-16(14)18)11-21-7-5-13(6-8-21)12-3-1-2-4-12/h10,12-13H,1-8,11H2,(H2,18,19,20). The van der Waals surface area contributed by atoms with Crippen molar-refractivity contribution in [3.05, 3.63) is 17.6 Å². The Labute approximate surface area is 126 Å². The van der Waals surface area contributed by atoms with Gasteiger partial charge in [-0.2, -0.15) is 5.26 Å². The summed E-state index contributed by atoms with van der Waals surface area (Å²) in [6.07, 6.45) is 9.89. The summed E-state index contributed by atoms with van der Waals surface area (Å²) in [5, 5.41) is 8.84. The zero-order valence-electron chi connectivity index (χ0n) is 12.5. The van der Waals surface area contributed by atoms with Crippen LogP contribution in [0.5, 0.6) is 0 Å². The first-order valence-corrected chi connectivity index (χ1v) is 8.00. The molecule has 21 heavy (non-hydrogen) atoms. The second-order valence-corrected chi connectivity index (χ2v) is 6.36. The summed E-state index contributed by atoms with van der Waals surface area (Å²) in [6, 6.07) is 2.00. The highest BCUT2D eigenvalue weighted by Gasteiger charge is 2.28. The lowest BCUT2D eigenvalue weighted by atomic mass is 9.83. The Kier molecular flexibility index (Phi) is 4.35. The third-order valence-corrected chi connectivity index (χ3v) is 5.05. The van der Waals surface area contributed by atoms with Crippen LogP contribution < -0.4 is 5.73 Å². The van der Waals surface area contributed by atoms with Crippen LogP contribution in [0.2, 0.25) is 0 Å². The molecule has 1 aromatic heterocycles. The van der Waals surface area contributed by atoms with Gasteiger partial charge in [0, 0.05) is 0 Å². The van der Waals surface area contributed by atoms with Crippen LogP contribution in [0.15, 0.2) is 6.20 Å². The highest BCUT2D eigenvalue weighted by molar-refractivity contribution is 5.46. The highest BCUT2D eigenvalue weighted by Crippen LogP contribution is 2.36. The number of hydrogen-bond donors (Lipinski definition) is 1. The number of aromatic nitrogens is 2. The number of nitriles is 1. The van der Waals surface area contributed by atoms with E-state index in [1.807, 2.05) is 6.07 Å². The Morgan fingerprint density at radius 1 is 1.19 bits per heavy atom. The van der Waals surface area contributed by atoms with Crippen molar-refractivity contribution in [3.8, 4) is 6.07 Å². The molecule has 0 aromatic carbocycles. The minimum absolute atomic E-state index is 0.295. The molecule has 1 aromatic rings. The number of rotatable bonds is 3. The zero-order valence-corrected chi connectivity index (χ0v) is 12.5. The molecule has 0 amide bonds. The lowest BCUT2D eigenvalue weighted by molar-refractivity contribution is 0.140. The summed E-state index contributed by atoms with van der Waals surface area (Å²) in [7, 11) is 0. The minimum Gasteiger partial charge on any atom is -0.382 e. The molecule has 5 heteroatoms. The van der Waals surface area contributed by atoms with E-state index in [0.29, 0.717) is 11.4 Å². The molecule has 0 spiro atoms. The fraction of sp³-hybridized carbons (Fsp3) is 0.688. The monoisotopic (exact) mass is 285 g/mol. The molecule has 0 bridgehead atoms. The third-order valence-electron chi connectivity index (χ3n) is 5.05. The smallest absolute Gasteiger partial charge is 0.145 e. The lowest BCUT2D eigenvalue weighted by Crippen LogP contribution is -2.35. The Bertz CT molecular complexity index is 522. The van der Waals surface area contributed by atoms with Gasteiger partial charge >= 0.3 is 0 Å². The van der Waals surface area contributed by atoms with Crippen LogP contribution in [-0.4, -0.2) is 28.0 Å². The quantitative estimate of drug-likeness (QED) is 0.922. The Hall–Kier alpha value is -1.67. The molecule has 0 atom stereocenters.